The van der Waals surface area contributed by atoms with Crippen LogP contribution in [0.4, 0.5) is 24.5 Å². The van der Waals surface area contributed by atoms with E-state index in [0.717, 1.165) is 13.2 Å². The van der Waals surface area contributed by atoms with E-state index in [9.17, 15) is 18.0 Å². The highest BCUT2D eigenvalue weighted by Crippen LogP contribution is 2.35. The van der Waals surface area contributed by atoms with E-state index < -0.39 is 30.0 Å². The lowest BCUT2D eigenvalue weighted by Gasteiger charge is -2.20. The van der Waals surface area contributed by atoms with Gasteiger partial charge >= 0.3 is 5.97 Å². The van der Waals surface area contributed by atoms with Crippen molar-refractivity contribution >= 4 is 17.3 Å². The van der Waals surface area contributed by atoms with Gasteiger partial charge in [0.1, 0.15) is 0 Å². The van der Waals surface area contributed by atoms with E-state index in [-0.39, 0.29) is 16.9 Å². The third-order valence-electron chi connectivity index (χ3n) is 2.67. The minimum absolute atomic E-state index is 0.0203. The molecular formula is C12H15F3N2O2. The van der Waals surface area contributed by atoms with Crippen LogP contribution in [0, 0.1) is 5.82 Å². The molecule has 0 aliphatic heterocycles. The lowest BCUT2D eigenvalue weighted by Crippen LogP contribution is -2.24. The third kappa shape index (κ3) is 3.52. The molecule has 19 heavy (non-hydrogen) atoms. The highest BCUT2D eigenvalue weighted by Gasteiger charge is 2.35. The second-order valence-electron chi connectivity index (χ2n) is 4.32. The molecule has 0 radical (unpaired) electrons. The topological polar surface area (TPSA) is 78.3 Å². The number of carbonyl (C=O) groups excluding carboxylic acids is 1. The summed E-state index contributed by atoms with van der Waals surface area (Å²) in [6, 6.07) is 2.42. The summed E-state index contributed by atoms with van der Waals surface area (Å²) in [5, 5.41) is 0. The summed E-state index contributed by atoms with van der Waals surface area (Å²) < 4.78 is 44.5. The Hall–Kier alpha value is -1.92. The summed E-state index contributed by atoms with van der Waals surface area (Å²) >= 11 is 0. The number of hydrogen-bond acceptors (Lipinski definition) is 4. The van der Waals surface area contributed by atoms with Gasteiger partial charge in [0.2, 0.25) is 5.92 Å². The lowest BCUT2D eigenvalue weighted by atomic mass is 9.92. The van der Waals surface area contributed by atoms with Gasteiger partial charge in [0.25, 0.3) is 0 Å². The molecule has 106 valence electrons. The Morgan fingerprint density at radius 2 is 2.00 bits per heavy atom. The van der Waals surface area contributed by atoms with Gasteiger partial charge < -0.3 is 16.2 Å². The van der Waals surface area contributed by atoms with Gasteiger partial charge in [-0.15, -0.1) is 0 Å². The number of halogens is 3. The standard InChI is InChI=1S/C12H15F3N2O2/c1-12(14,15)5-7(11(18)19-2)6-3-4-8(16)10(17)9(6)13/h3-4,7H,5,16-17H2,1-2H3. The van der Waals surface area contributed by atoms with Crippen molar-refractivity contribution in [1.29, 1.82) is 0 Å². The van der Waals surface area contributed by atoms with Crippen molar-refractivity contribution in [1.82, 2.24) is 0 Å². The predicted molar refractivity (Wildman–Crippen MR) is 65.2 cm³/mol. The van der Waals surface area contributed by atoms with Crippen LogP contribution in [-0.4, -0.2) is 19.0 Å². The highest BCUT2D eigenvalue weighted by atomic mass is 19.3. The maximum absolute atomic E-state index is 13.9. The van der Waals surface area contributed by atoms with Crippen LogP contribution < -0.4 is 11.5 Å². The van der Waals surface area contributed by atoms with Crippen LogP contribution in [0.25, 0.3) is 0 Å². The molecule has 4 N–H and O–H groups in total. The van der Waals surface area contributed by atoms with Gasteiger partial charge in [-0.2, -0.15) is 0 Å². The quantitative estimate of drug-likeness (QED) is 0.653. The number of alkyl halides is 2. The van der Waals surface area contributed by atoms with Crippen molar-refractivity contribution in [3.05, 3.63) is 23.5 Å². The molecule has 0 fully saturated rings. The van der Waals surface area contributed by atoms with Crippen LogP contribution in [-0.2, 0) is 9.53 Å². The summed E-state index contributed by atoms with van der Waals surface area (Å²) in [4.78, 5) is 11.5. The van der Waals surface area contributed by atoms with Gasteiger partial charge in [-0.25, -0.2) is 13.2 Å². The van der Waals surface area contributed by atoms with Crippen LogP contribution in [0.2, 0.25) is 0 Å². The van der Waals surface area contributed by atoms with E-state index in [2.05, 4.69) is 4.74 Å². The number of nitrogens with two attached hydrogens (primary N) is 2. The van der Waals surface area contributed by atoms with E-state index in [0.29, 0.717) is 6.92 Å². The Bertz CT molecular complexity index is 487. The Morgan fingerprint density at radius 3 is 2.47 bits per heavy atom. The fourth-order valence-electron chi connectivity index (χ4n) is 1.71. The highest BCUT2D eigenvalue weighted by molar-refractivity contribution is 5.79. The van der Waals surface area contributed by atoms with Gasteiger partial charge in [0.05, 0.1) is 24.4 Å². The second-order valence-corrected chi connectivity index (χ2v) is 4.32. The zero-order chi connectivity index (χ0) is 14.8. The van der Waals surface area contributed by atoms with Crippen molar-refractivity contribution < 1.29 is 22.7 Å². The minimum Gasteiger partial charge on any atom is -0.469 e. The zero-order valence-electron chi connectivity index (χ0n) is 10.5. The summed E-state index contributed by atoms with van der Waals surface area (Å²) in [7, 11) is 1.04. The number of esters is 1. The van der Waals surface area contributed by atoms with E-state index in [1.165, 1.54) is 6.07 Å². The van der Waals surface area contributed by atoms with Gasteiger partial charge in [-0.3, -0.25) is 4.79 Å². The molecule has 1 unspecified atom stereocenters. The van der Waals surface area contributed by atoms with E-state index in [1.54, 1.807) is 0 Å². The first kappa shape index (κ1) is 15.1. The Morgan fingerprint density at radius 1 is 1.42 bits per heavy atom. The molecule has 0 saturated heterocycles. The molecular weight excluding hydrogens is 261 g/mol. The first-order valence-corrected chi connectivity index (χ1v) is 5.46. The van der Waals surface area contributed by atoms with Crippen LogP contribution in [0.5, 0.6) is 0 Å². The molecule has 1 aromatic rings. The smallest absolute Gasteiger partial charge is 0.313 e. The normalized spacial score (nSPS) is 13.1. The molecule has 7 heteroatoms. The largest absolute Gasteiger partial charge is 0.469 e. The number of nitrogen functional groups attached to an aromatic ring is 2. The van der Waals surface area contributed by atoms with Crippen molar-refractivity contribution in [2.24, 2.45) is 0 Å². The molecule has 1 rings (SSSR count). The molecule has 0 heterocycles. The average molecular weight is 276 g/mol. The van der Waals surface area contributed by atoms with E-state index >= 15 is 0 Å². The van der Waals surface area contributed by atoms with Crippen LogP contribution in [0.15, 0.2) is 12.1 Å². The minimum atomic E-state index is -3.15. The Labute approximate surface area is 108 Å². The van der Waals surface area contributed by atoms with Crippen LogP contribution in [0.3, 0.4) is 0 Å². The number of benzene rings is 1. The molecule has 0 bridgehead atoms. The van der Waals surface area contributed by atoms with Crippen molar-refractivity contribution in [2.75, 3.05) is 18.6 Å². The molecule has 0 aromatic heterocycles. The van der Waals surface area contributed by atoms with Gasteiger partial charge in [0, 0.05) is 12.0 Å². The number of ether oxygens (including phenoxy) is 1. The number of methoxy groups -OCH3 is 1. The summed E-state index contributed by atoms with van der Waals surface area (Å²) in [5.41, 5.74) is 10.1. The summed E-state index contributed by atoms with van der Waals surface area (Å²) in [5.74, 6) is -6.52. The molecule has 0 amide bonds. The van der Waals surface area contributed by atoms with Gasteiger partial charge in [-0.05, 0) is 13.0 Å². The Kier molecular flexibility index (Phi) is 4.28. The average Bonchev–Trinajstić information content (AvgIpc) is 2.32. The third-order valence-corrected chi connectivity index (χ3v) is 2.67. The maximum Gasteiger partial charge on any atom is 0.313 e. The van der Waals surface area contributed by atoms with Crippen molar-refractivity contribution in [3.8, 4) is 0 Å². The van der Waals surface area contributed by atoms with Gasteiger partial charge in [0.15, 0.2) is 5.82 Å². The molecule has 1 aromatic carbocycles. The first-order valence-electron chi connectivity index (χ1n) is 5.46. The SMILES string of the molecule is COC(=O)C(CC(C)(F)F)c1ccc(N)c(N)c1F. The van der Waals surface area contributed by atoms with Gasteiger partial charge in [-0.1, -0.05) is 6.07 Å². The molecule has 0 aliphatic rings. The number of rotatable bonds is 4. The fraction of sp³-hybridized carbons (Fsp3) is 0.417. The van der Waals surface area contributed by atoms with Crippen molar-refractivity contribution in [3.63, 3.8) is 0 Å². The molecule has 0 aliphatic carbocycles. The number of hydrogen-bond donors (Lipinski definition) is 2. The number of carbonyl (C=O) groups is 1. The predicted octanol–water partition coefficient (Wildman–Crippen LogP) is 2.29. The summed E-state index contributed by atoms with van der Waals surface area (Å²) in [6.07, 6.45) is -0.875. The van der Waals surface area contributed by atoms with E-state index in [4.69, 9.17) is 11.5 Å². The molecule has 0 spiro atoms. The summed E-state index contributed by atoms with van der Waals surface area (Å²) in [6.45, 7) is 0.640. The van der Waals surface area contributed by atoms with Crippen LogP contribution >= 0.6 is 0 Å². The van der Waals surface area contributed by atoms with Crippen LogP contribution in [0.1, 0.15) is 24.8 Å². The molecule has 4 nitrogen and oxygen atoms in total. The maximum atomic E-state index is 13.9. The zero-order valence-corrected chi connectivity index (χ0v) is 10.5. The first-order chi connectivity index (χ1) is 8.67. The fourth-order valence-corrected chi connectivity index (χ4v) is 1.71. The monoisotopic (exact) mass is 276 g/mol. The lowest BCUT2D eigenvalue weighted by molar-refractivity contribution is -0.145. The number of anilines is 2. The second kappa shape index (κ2) is 5.38. The molecule has 1 atom stereocenters. The van der Waals surface area contributed by atoms with Crippen molar-refractivity contribution in [2.45, 2.75) is 25.2 Å². The van der Waals surface area contributed by atoms with E-state index in [1.807, 2.05) is 0 Å². The Balaban J connectivity index is 3.26. The molecule has 0 saturated carbocycles.